The summed E-state index contributed by atoms with van der Waals surface area (Å²) in [4.78, 5) is 21.6. The summed E-state index contributed by atoms with van der Waals surface area (Å²) < 4.78 is 0. The zero-order valence-corrected chi connectivity index (χ0v) is 10.8. The van der Waals surface area contributed by atoms with Gasteiger partial charge >= 0.3 is 0 Å². The van der Waals surface area contributed by atoms with E-state index in [2.05, 4.69) is 15.9 Å². The first kappa shape index (κ1) is 13.1. The van der Waals surface area contributed by atoms with Crippen LogP contribution in [0.15, 0.2) is 18.2 Å². The summed E-state index contributed by atoms with van der Waals surface area (Å²) in [5.74, 6) is -0.313. The van der Waals surface area contributed by atoms with Gasteiger partial charge < -0.3 is 0 Å². The van der Waals surface area contributed by atoms with E-state index >= 15 is 0 Å². The fraction of sp³-hybridized carbons (Fsp3) is 0.300. The number of carbonyl (C=O) groups is 1. The minimum Gasteiger partial charge on any atom is -0.293 e. The van der Waals surface area contributed by atoms with Crippen LogP contribution in [-0.4, -0.2) is 15.5 Å². The summed E-state index contributed by atoms with van der Waals surface area (Å²) in [6, 6.07) is 4.57. The van der Waals surface area contributed by atoms with Crippen LogP contribution in [0.5, 0.6) is 0 Å². The summed E-state index contributed by atoms with van der Waals surface area (Å²) in [6.07, 6.45) is 0. The average molecular weight is 307 g/mol. The summed E-state index contributed by atoms with van der Waals surface area (Å²) in [6.45, 7) is 1.62. The van der Waals surface area contributed by atoms with Crippen molar-refractivity contribution >= 4 is 39.0 Å². The average Bonchev–Trinajstić information content (AvgIpc) is 2.26. The standard InChI is InChI=1S/C10H9BrClNO3/c1-6(11)10(14)8-4-2-3-7(5-12)9(8)13(15)16/h2-4,6H,5H2,1H3. The highest BCUT2D eigenvalue weighted by molar-refractivity contribution is 9.10. The van der Waals surface area contributed by atoms with Crippen molar-refractivity contribution in [1.82, 2.24) is 0 Å². The Hall–Kier alpha value is -0.940. The maximum atomic E-state index is 11.7. The highest BCUT2D eigenvalue weighted by Crippen LogP contribution is 2.27. The van der Waals surface area contributed by atoms with E-state index in [1.165, 1.54) is 6.07 Å². The molecule has 0 radical (unpaired) electrons. The maximum Gasteiger partial charge on any atom is 0.284 e. The first-order valence-corrected chi connectivity index (χ1v) is 5.94. The molecule has 0 saturated heterocycles. The van der Waals surface area contributed by atoms with Gasteiger partial charge in [-0.3, -0.25) is 14.9 Å². The van der Waals surface area contributed by atoms with Crippen LogP contribution >= 0.6 is 27.5 Å². The number of Topliss-reactive ketones (excluding diaryl/α,β-unsaturated/α-hetero) is 1. The summed E-state index contributed by atoms with van der Waals surface area (Å²) in [5.41, 5.74) is 0.243. The number of ketones is 1. The molecule has 0 saturated carbocycles. The van der Waals surface area contributed by atoms with E-state index in [0.29, 0.717) is 5.56 Å². The van der Waals surface area contributed by atoms with Gasteiger partial charge in [0.25, 0.3) is 5.69 Å². The number of alkyl halides is 2. The summed E-state index contributed by atoms with van der Waals surface area (Å²) in [7, 11) is 0. The molecular weight excluding hydrogens is 297 g/mol. The number of nitro groups is 1. The van der Waals surface area contributed by atoms with E-state index in [-0.39, 0.29) is 22.9 Å². The molecule has 6 heteroatoms. The van der Waals surface area contributed by atoms with Crippen LogP contribution in [0.25, 0.3) is 0 Å². The Morgan fingerprint density at radius 2 is 2.25 bits per heavy atom. The van der Waals surface area contributed by atoms with E-state index in [1.807, 2.05) is 0 Å². The highest BCUT2D eigenvalue weighted by Gasteiger charge is 2.25. The van der Waals surface area contributed by atoms with Gasteiger partial charge in [-0.1, -0.05) is 28.1 Å². The molecule has 86 valence electrons. The van der Waals surface area contributed by atoms with Gasteiger partial charge in [-0.2, -0.15) is 0 Å². The Labute approximate surface area is 106 Å². The minimum absolute atomic E-state index is 0.00804. The third-order valence-electron chi connectivity index (χ3n) is 2.07. The molecule has 1 aromatic rings. The molecule has 0 spiro atoms. The fourth-order valence-electron chi connectivity index (χ4n) is 1.33. The van der Waals surface area contributed by atoms with Crippen LogP contribution in [0, 0.1) is 10.1 Å². The van der Waals surface area contributed by atoms with Gasteiger partial charge in [-0.25, -0.2) is 0 Å². The van der Waals surface area contributed by atoms with Crippen molar-refractivity contribution in [3.8, 4) is 0 Å². The fourth-order valence-corrected chi connectivity index (χ4v) is 1.79. The third kappa shape index (κ3) is 2.59. The van der Waals surface area contributed by atoms with Crippen LogP contribution < -0.4 is 0 Å². The molecule has 0 N–H and O–H groups in total. The van der Waals surface area contributed by atoms with Crippen molar-refractivity contribution < 1.29 is 9.72 Å². The second-order valence-corrected chi connectivity index (χ2v) is 4.83. The molecule has 0 bridgehead atoms. The molecule has 0 aliphatic rings. The lowest BCUT2D eigenvalue weighted by Crippen LogP contribution is -2.13. The smallest absolute Gasteiger partial charge is 0.284 e. The number of rotatable bonds is 4. The van der Waals surface area contributed by atoms with Gasteiger partial charge in [-0.05, 0) is 13.0 Å². The Morgan fingerprint density at radius 3 is 2.69 bits per heavy atom. The largest absolute Gasteiger partial charge is 0.293 e. The Kier molecular flexibility index (Phi) is 4.44. The SMILES string of the molecule is CC(Br)C(=O)c1cccc(CCl)c1[N+](=O)[O-]. The van der Waals surface area contributed by atoms with Crippen LogP contribution in [0.1, 0.15) is 22.8 Å². The lowest BCUT2D eigenvalue weighted by Gasteiger charge is -2.06. The number of nitrogens with zero attached hydrogens (tertiary/aromatic N) is 1. The van der Waals surface area contributed by atoms with Crippen LogP contribution in [-0.2, 0) is 5.88 Å². The van der Waals surface area contributed by atoms with Crippen LogP contribution in [0.4, 0.5) is 5.69 Å². The number of carbonyl (C=O) groups excluding carboxylic acids is 1. The van der Waals surface area contributed by atoms with Gasteiger partial charge in [0.1, 0.15) is 0 Å². The molecule has 0 aliphatic carbocycles. The summed E-state index contributed by atoms with van der Waals surface area (Å²) >= 11 is 8.71. The van der Waals surface area contributed by atoms with E-state index in [0.717, 1.165) is 0 Å². The Morgan fingerprint density at radius 1 is 1.62 bits per heavy atom. The van der Waals surface area contributed by atoms with Gasteiger partial charge in [0.15, 0.2) is 5.78 Å². The van der Waals surface area contributed by atoms with Crippen LogP contribution in [0.3, 0.4) is 0 Å². The molecule has 1 aromatic carbocycles. The van der Waals surface area contributed by atoms with Crippen molar-refractivity contribution in [2.75, 3.05) is 0 Å². The third-order valence-corrected chi connectivity index (χ3v) is 2.78. The number of para-hydroxylation sites is 1. The topological polar surface area (TPSA) is 60.2 Å². The Balaban J connectivity index is 3.39. The molecule has 0 aromatic heterocycles. The van der Waals surface area contributed by atoms with Crippen LogP contribution in [0.2, 0.25) is 0 Å². The minimum atomic E-state index is -0.569. The number of benzene rings is 1. The molecule has 0 heterocycles. The quantitative estimate of drug-likeness (QED) is 0.371. The predicted octanol–water partition coefficient (Wildman–Crippen LogP) is 3.30. The first-order chi connectivity index (χ1) is 7.49. The number of hydrogen-bond donors (Lipinski definition) is 0. The zero-order chi connectivity index (χ0) is 12.3. The van der Waals surface area contributed by atoms with Gasteiger partial charge in [0.05, 0.1) is 21.2 Å². The maximum absolute atomic E-state index is 11.7. The highest BCUT2D eigenvalue weighted by atomic mass is 79.9. The van der Waals surface area contributed by atoms with Gasteiger partial charge in [0.2, 0.25) is 0 Å². The van der Waals surface area contributed by atoms with Crippen molar-refractivity contribution in [3.63, 3.8) is 0 Å². The van der Waals surface area contributed by atoms with Gasteiger partial charge in [0, 0.05) is 5.56 Å². The van der Waals surface area contributed by atoms with E-state index in [9.17, 15) is 14.9 Å². The molecule has 0 aliphatic heterocycles. The number of hydrogen-bond acceptors (Lipinski definition) is 3. The zero-order valence-electron chi connectivity index (χ0n) is 8.44. The van der Waals surface area contributed by atoms with Crippen molar-refractivity contribution in [2.24, 2.45) is 0 Å². The second kappa shape index (κ2) is 5.41. The molecule has 4 nitrogen and oxygen atoms in total. The second-order valence-electron chi connectivity index (χ2n) is 3.18. The first-order valence-electron chi connectivity index (χ1n) is 4.49. The molecule has 0 amide bonds. The molecule has 1 unspecified atom stereocenters. The molecule has 16 heavy (non-hydrogen) atoms. The molecular formula is C10H9BrClNO3. The van der Waals surface area contributed by atoms with Gasteiger partial charge in [-0.15, -0.1) is 11.6 Å². The lowest BCUT2D eigenvalue weighted by atomic mass is 10.0. The van der Waals surface area contributed by atoms with E-state index < -0.39 is 9.75 Å². The number of halogens is 2. The van der Waals surface area contributed by atoms with Crippen molar-refractivity contribution in [2.45, 2.75) is 17.6 Å². The lowest BCUT2D eigenvalue weighted by molar-refractivity contribution is -0.385. The molecule has 1 rings (SSSR count). The summed E-state index contributed by atoms with van der Waals surface area (Å²) in [5, 5.41) is 10.9. The van der Waals surface area contributed by atoms with Crippen molar-refractivity contribution in [3.05, 3.63) is 39.4 Å². The normalized spacial score (nSPS) is 12.2. The Bertz CT molecular complexity index is 434. The number of nitro benzene ring substituents is 1. The molecule has 1 atom stereocenters. The van der Waals surface area contributed by atoms with Crippen molar-refractivity contribution in [1.29, 1.82) is 0 Å². The van der Waals surface area contributed by atoms with E-state index in [1.54, 1.807) is 19.1 Å². The predicted molar refractivity (Wildman–Crippen MR) is 65.4 cm³/mol. The monoisotopic (exact) mass is 305 g/mol. The molecule has 0 fully saturated rings. The van der Waals surface area contributed by atoms with E-state index in [4.69, 9.17) is 11.6 Å².